The number of carboxylic acid groups (broad SMARTS) is 1. The molecule has 0 aliphatic carbocycles. The normalized spacial score (nSPS) is 19.2. The van der Waals surface area contributed by atoms with Crippen LogP contribution in [-0.2, 0) is 4.79 Å². The van der Waals surface area contributed by atoms with Crippen LogP contribution in [0.15, 0.2) is 0 Å². The molecule has 94 valence electrons. The molecule has 0 spiro atoms. The second kappa shape index (κ2) is 6.86. The van der Waals surface area contributed by atoms with Gasteiger partial charge in [0.25, 0.3) is 0 Å². The molecule has 0 radical (unpaired) electrons. The van der Waals surface area contributed by atoms with E-state index in [1.165, 1.54) is 6.42 Å². The molecule has 1 fully saturated rings. The summed E-state index contributed by atoms with van der Waals surface area (Å²) in [5, 5.41) is 12.2. The number of likely N-dealkylation sites (tertiary alicyclic amines) is 1. The average molecular weight is 228 g/mol. The Labute approximate surface area is 98.0 Å². The Hall–Kier alpha value is -0.610. The van der Waals surface area contributed by atoms with Gasteiger partial charge in [0.1, 0.15) is 0 Å². The second-order valence-electron chi connectivity index (χ2n) is 5.08. The Morgan fingerprint density at radius 2 is 2.06 bits per heavy atom. The zero-order chi connectivity index (χ0) is 12.0. The Balaban J connectivity index is 2.10. The standard InChI is InChI=1S/C12H24N2O2/c1-10(2)3-6-13-11-4-7-14(8-5-11)9-12(15)16/h10-11,13H,3-9H2,1-2H3,(H,15,16). The Bertz CT molecular complexity index is 211. The van der Waals surface area contributed by atoms with Crippen molar-refractivity contribution in [2.75, 3.05) is 26.2 Å². The summed E-state index contributed by atoms with van der Waals surface area (Å²) in [4.78, 5) is 12.6. The molecule has 2 N–H and O–H groups in total. The quantitative estimate of drug-likeness (QED) is 0.716. The zero-order valence-electron chi connectivity index (χ0n) is 10.4. The molecule has 1 aliphatic heterocycles. The fraction of sp³-hybridized carbons (Fsp3) is 0.917. The molecule has 0 aromatic carbocycles. The fourth-order valence-electron chi connectivity index (χ4n) is 2.06. The lowest BCUT2D eigenvalue weighted by Crippen LogP contribution is -2.44. The van der Waals surface area contributed by atoms with Gasteiger partial charge in [-0.2, -0.15) is 0 Å². The molecule has 0 aromatic rings. The Morgan fingerprint density at radius 3 is 2.56 bits per heavy atom. The lowest BCUT2D eigenvalue weighted by molar-refractivity contribution is -0.138. The van der Waals surface area contributed by atoms with E-state index >= 15 is 0 Å². The van der Waals surface area contributed by atoms with E-state index in [0.717, 1.165) is 38.4 Å². The molecule has 1 heterocycles. The highest BCUT2D eigenvalue weighted by Gasteiger charge is 2.19. The van der Waals surface area contributed by atoms with Crippen LogP contribution in [-0.4, -0.2) is 48.2 Å². The van der Waals surface area contributed by atoms with E-state index in [9.17, 15) is 4.79 Å². The summed E-state index contributed by atoms with van der Waals surface area (Å²) in [6, 6.07) is 0.587. The Kier molecular flexibility index (Phi) is 5.77. The lowest BCUT2D eigenvalue weighted by Gasteiger charge is -2.31. The first-order chi connectivity index (χ1) is 7.58. The minimum absolute atomic E-state index is 0.193. The highest BCUT2D eigenvalue weighted by atomic mass is 16.4. The number of hydrogen-bond acceptors (Lipinski definition) is 3. The van der Waals surface area contributed by atoms with Crippen LogP contribution in [0, 0.1) is 5.92 Å². The number of carbonyl (C=O) groups is 1. The number of carboxylic acids is 1. The topological polar surface area (TPSA) is 52.6 Å². The minimum atomic E-state index is -0.716. The number of aliphatic carboxylic acids is 1. The third kappa shape index (κ3) is 5.47. The second-order valence-corrected chi connectivity index (χ2v) is 5.08. The van der Waals surface area contributed by atoms with E-state index in [0.29, 0.717) is 6.04 Å². The monoisotopic (exact) mass is 228 g/mol. The maximum atomic E-state index is 10.5. The molecule has 0 amide bonds. The van der Waals surface area contributed by atoms with Crippen LogP contribution in [0.25, 0.3) is 0 Å². The van der Waals surface area contributed by atoms with Crippen molar-refractivity contribution < 1.29 is 9.90 Å². The molecule has 0 atom stereocenters. The summed E-state index contributed by atoms with van der Waals surface area (Å²) in [5.41, 5.74) is 0. The van der Waals surface area contributed by atoms with E-state index in [2.05, 4.69) is 19.2 Å². The smallest absolute Gasteiger partial charge is 0.317 e. The third-order valence-corrected chi connectivity index (χ3v) is 3.10. The van der Waals surface area contributed by atoms with E-state index < -0.39 is 5.97 Å². The van der Waals surface area contributed by atoms with Gasteiger partial charge < -0.3 is 10.4 Å². The average Bonchev–Trinajstić information content (AvgIpc) is 2.19. The number of nitrogens with one attached hydrogen (secondary N) is 1. The van der Waals surface area contributed by atoms with Crippen LogP contribution in [0.5, 0.6) is 0 Å². The van der Waals surface area contributed by atoms with E-state index in [-0.39, 0.29) is 6.54 Å². The van der Waals surface area contributed by atoms with Gasteiger partial charge in [0.15, 0.2) is 0 Å². The zero-order valence-corrected chi connectivity index (χ0v) is 10.4. The molecule has 0 unspecified atom stereocenters. The molecular formula is C12H24N2O2. The van der Waals surface area contributed by atoms with Crippen molar-refractivity contribution >= 4 is 5.97 Å². The molecule has 0 bridgehead atoms. The van der Waals surface area contributed by atoms with Crippen molar-refractivity contribution in [3.8, 4) is 0 Å². The summed E-state index contributed by atoms with van der Waals surface area (Å²) in [5.74, 6) is 0.0332. The summed E-state index contributed by atoms with van der Waals surface area (Å²) in [7, 11) is 0. The maximum absolute atomic E-state index is 10.5. The third-order valence-electron chi connectivity index (χ3n) is 3.10. The van der Waals surface area contributed by atoms with Gasteiger partial charge in [-0.25, -0.2) is 0 Å². The van der Waals surface area contributed by atoms with Crippen molar-refractivity contribution in [2.45, 2.75) is 39.2 Å². The first-order valence-corrected chi connectivity index (χ1v) is 6.25. The predicted molar refractivity (Wildman–Crippen MR) is 64.6 cm³/mol. The summed E-state index contributed by atoms with van der Waals surface area (Å²) in [6.07, 6.45) is 3.37. The van der Waals surface area contributed by atoms with Crippen molar-refractivity contribution in [2.24, 2.45) is 5.92 Å². The molecule has 16 heavy (non-hydrogen) atoms. The van der Waals surface area contributed by atoms with Crippen LogP contribution in [0.1, 0.15) is 33.1 Å². The van der Waals surface area contributed by atoms with Gasteiger partial charge in [-0.05, 0) is 31.7 Å². The van der Waals surface area contributed by atoms with Crippen LogP contribution in [0.4, 0.5) is 0 Å². The molecular weight excluding hydrogens is 204 g/mol. The van der Waals surface area contributed by atoms with Crippen LogP contribution < -0.4 is 5.32 Å². The van der Waals surface area contributed by atoms with Crippen LogP contribution >= 0.6 is 0 Å². The molecule has 1 rings (SSSR count). The molecule has 4 nitrogen and oxygen atoms in total. The SMILES string of the molecule is CC(C)CCNC1CCN(CC(=O)O)CC1. The van der Waals surface area contributed by atoms with Crippen LogP contribution in [0.2, 0.25) is 0 Å². The van der Waals surface area contributed by atoms with Gasteiger partial charge in [0, 0.05) is 19.1 Å². The van der Waals surface area contributed by atoms with Crippen molar-refractivity contribution in [1.29, 1.82) is 0 Å². The van der Waals surface area contributed by atoms with Crippen molar-refractivity contribution in [3.63, 3.8) is 0 Å². The summed E-state index contributed by atoms with van der Waals surface area (Å²) >= 11 is 0. The van der Waals surface area contributed by atoms with Crippen molar-refractivity contribution in [1.82, 2.24) is 10.2 Å². The largest absolute Gasteiger partial charge is 0.480 e. The van der Waals surface area contributed by atoms with E-state index in [1.807, 2.05) is 4.90 Å². The number of nitrogens with zero attached hydrogens (tertiary/aromatic N) is 1. The highest BCUT2D eigenvalue weighted by Crippen LogP contribution is 2.10. The molecule has 0 aromatic heterocycles. The maximum Gasteiger partial charge on any atom is 0.317 e. The molecule has 0 saturated carbocycles. The fourth-order valence-corrected chi connectivity index (χ4v) is 2.06. The molecule has 1 aliphatic rings. The molecule has 4 heteroatoms. The van der Waals surface area contributed by atoms with Crippen LogP contribution in [0.3, 0.4) is 0 Å². The predicted octanol–water partition coefficient (Wildman–Crippen LogP) is 1.17. The van der Waals surface area contributed by atoms with Gasteiger partial charge in [0.2, 0.25) is 0 Å². The first kappa shape index (κ1) is 13.5. The minimum Gasteiger partial charge on any atom is -0.480 e. The van der Waals surface area contributed by atoms with E-state index in [4.69, 9.17) is 5.11 Å². The van der Waals surface area contributed by atoms with Crippen molar-refractivity contribution in [3.05, 3.63) is 0 Å². The summed E-state index contributed by atoms with van der Waals surface area (Å²) in [6.45, 7) is 7.56. The van der Waals surface area contributed by atoms with Gasteiger partial charge >= 0.3 is 5.97 Å². The van der Waals surface area contributed by atoms with E-state index in [1.54, 1.807) is 0 Å². The van der Waals surface area contributed by atoms with Gasteiger partial charge in [0.05, 0.1) is 6.54 Å². The Morgan fingerprint density at radius 1 is 1.44 bits per heavy atom. The molecule has 1 saturated heterocycles. The lowest BCUT2D eigenvalue weighted by atomic mass is 10.0. The number of rotatable bonds is 6. The van der Waals surface area contributed by atoms with Gasteiger partial charge in [-0.15, -0.1) is 0 Å². The highest BCUT2D eigenvalue weighted by molar-refractivity contribution is 5.69. The number of hydrogen-bond donors (Lipinski definition) is 2. The summed E-state index contributed by atoms with van der Waals surface area (Å²) < 4.78 is 0. The van der Waals surface area contributed by atoms with Gasteiger partial charge in [-0.1, -0.05) is 13.8 Å². The van der Waals surface area contributed by atoms with Gasteiger partial charge in [-0.3, -0.25) is 9.69 Å². The first-order valence-electron chi connectivity index (χ1n) is 6.25. The number of piperidine rings is 1.